The van der Waals surface area contributed by atoms with Gasteiger partial charge in [0.2, 0.25) is 0 Å². The summed E-state index contributed by atoms with van der Waals surface area (Å²) in [6, 6.07) is 8.37. The summed E-state index contributed by atoms with van der Waals surface area (Å²) in [6.07, 6.45) is 1.07. The molecule has 0 aromatic heterocycles. The summed E-state index contributed by atoms with van der Waals surface area (Å²) in [5.41, 5.74) is 1.38. The van der Waals surface area contributed by atoms with Crippen LogP contribution in [-0.4, -0.2) is 32.0 Å². The van der Waals surface area contributed by atoms with Gasteiger partial charge in [-0.05, 0) is 38.0 Å². The lowest BCUT2D eigenvalue weighted by Crippen LogP contribution is -3.11. The van der Waals surface area contributed by atoms with Crippen molar-refractivity contribution < 1.29 is 14.4 Å². The fourth-order valence-electron chi connectivity index (χ4n) is 2.30. The number of quaternary nitrogens is 1. The van der Waals surface area contributed by atoms with Crippen molar-refractivity contribution in [2.45, 2.75) is 32.8 Å². The van der Waals surface area contributed by atoms with Gasteiger partial charge in [0.25, 0.3) is 0 Å². The molecule has 1 heterocycles. The highest BCUT2D eigenvalue weighted by atomic mass is 16.5. The average molecular weight is 250 g/mol. The molecule has 1 atom stereocenters. The van der Waals surface area contributed by atoms with Crippen LogP contribution in [0.25, 0.3) is 0 Å². The second-order valence-corrected chi connectivity index (χ2v) is 5.57. The first kappa shape index (κ1) is 13.4. The van der Waals surface area contributed by atoms with Crippen LogP contribution < -0.4 is 9.64 Å². The zero-order chi connectivity index (χ0) is 13.0. The molecular formula is C15H24NO2+. The molecule has 0 amide bonds. The Labute approximate surface area is 110 Å². The molecule has 3 nitrogen and oxygen atoms in total. The molecule has 1 aliphatic rings. The molecular weight excluding hydrogens is 226 g/mol. The van der Waals surface area contributed by atoms with Crippen molar-refractivity contribution in [1.82, 2.24) is 0 Å². The van der Waals surface area contributed by atoms with Gasteiger partial charge in [-0.3, -0.25) is 0 Å². The van der Waals surface area contributed by atoms with Crippen LogP contribution in [0.1, 0.15) is 26.3 Å². The zero-order valence-corrected chi connectivity index (χ0v) is 11.7. The molecule has 0 radical (unpaired) electrons. The predicted molar refractivity (Wildman–Crippen MR) is 72.0 cm³/mol. The van der Waals surface area contributed by atoms with Crippen LogP contribution in [0.4, 0.5) is 0 Å². The molecule has 1 aliphatic heterocycles. The van der Waals surface area contributed by atoms with Gasteiger partial charge in [0, 0.05) is 0 Å². The molecule has 0 spiro atoms. The van der Waals surface area contributed by atoms with Crippen LogP contribution >= 0.6 is 0 Å². The quantitative estimate of drug-likeness (QED) is 0.851. The monoisotopic (exact) mass is 250 g/mol. The Hall–Kier alpha value is -1.06. The van der Waals surface area contributed by atoms with Gasteiger partial charge in [-0.2, -0.15) is 0 Å². The molecule has 1 aromatic carbocycles. The Kier molecular flexibility index (Phi) is 4.25. The maximum Gasteiger partial charge on any atom is 0.182 e. The highest BCUT2D eigenvalue weighted by molar-refractivity contribution is 5.27. The molecule has 0 aliphatic carbocycles. The van der Waals surface area contributed by atoms with E-state index in [0.717, 1.165) is 38.6 Å². The van der Waals surface area contributed by atoms with Crippen LogP contribution in [-0.2, 0) is 11.2 Å². The Balaban J connectivity index is 1.72. The van der Waals surface area contributed by atoms with Crippen molar-refractivity contribution >= 4 is 0 Å². The lowest BCUT2D eigenvalue weighted by molar-refractivity contribution is -0.897. The van der Waals surface area contributed by atoms with E-state index in [1.165, 1.54) is 10.5 Å². The summed E-state index contributed by atoms with van der Waals surface area (Å²) in [5, 5.41) is 0. The van der Waals surface area contributed by atoms with Gasteiger partial charge in [0.1, 0.15) is 31.0 Å². The normalized spacial score (nSPS) is 22.1. The Morgan fingerprint density at radius 2 is 2.00 bits per heavy atom. The number of ether oxygens (including phenoxy) is 2. The number of hydrogen-bond donors (Lipinski definition) is 1. The summed E-state index contributed by atoms with van der Waals surface area (Å²) in [4.78, 5) is 1.46. The molecule has 3 heteroatoms. The van der Waals surface area contributed by atoms with Crippen molar-refractivity contribution in [2.24, 2.45) is 0 Å². The molecule has 1 fully saturated rings. The van der Waals surface area contributed by atoms with Gasteiger partial charge < -0.3 is 14.4 Å². The molecule has 0 bridgehead atoms. The average Bonchev–Trinajstić information content (AvgIpc) is 2.70. The van der Waals surface area contributed by atoms with E-state index in [1.54, 1.807) is 0 Å². The minimum Gasteiger partial charge on any atom is -0.488 e. The maximum absolute atomic E-state index is 5.76. The van der Waals surface area contributed by atoms with Crippen molar-refractivity contribution in [3.8, 4) is 5.75 Å². The van der Waals surface area contributed by atoms with Gasteiger partial charge in [-0.1, -0.05) is 19.1 Å². The SMILES string of the molecule is CCc1ccc(OCC[NH+]2COC(C)(C)C2)cc1. The van der Waals surface area contributed by atoms with E-state index >= 15 is 0 Å². The topological polar surface area (TPSA) is 22.9 Å². The molecule has 18 heavy (non-hydrogen) atoms. The smallest absolute Gasteiger partial charge is 0.182 e. The van der Waals surface area contributed by atoms with Crippen molar-refractivity contribution in [2.75, 3.05) is 26.4 Å². The van der Waals surface area contributed by atoms with E-state index in [0.29, 0.717) is 0 Å². The van der Waals surface area contributed by atoms with E-state index in [2.05, 4.69) is 45.0 Å². The molecule has 1 saturated heterocycles. The Morgan fingerprint density at radius 3 is 2.56 bits per heavy atom. The highest BCUT2D eigenvalue weighted by Gasteiger charge is 2.33. The van der Waals surface area contributed by atoms with Crippen LogP contribution in [0.3, 0.4) is 0 Å². The van der Waals surface area contributed by atoms with E-state index in [9.17, 15) is 0 Å². The third-order valence-corrected chi connectivity index (χ3v) is 3.40. The Bertz CT molecular complexity index is 373. The molecule has 1 N–H and O–H groups in total. The van der Waals surface area contributed by atoms with Crippen LogP contribution in [0.2, 0.25) is 0 Å². The first-order valence-electron chi connectivity index (χ1n) is 6.78. The third-order valence-electron chi connectivity index (χ3n) is 3.40. The number of aryl methyl sites for hydroxylation is 1. The minimum absolute atomic E-state index is 0.0259. The summed E-state index contributed by atoms with van der Waals surface area (Å²) in [6.45, 7) is 10.1. The second kappa shape index (κ2) is 5.72. The third kappa shape index (κ3) is 3.72. The second-order valence-electron chi connectivity index (χ2n) is 5.57. The molecule has 1 aromatic rings. The number of nitrogens with one attached hydrogen (secondary N) is 1. The van der Waals surface area contributed by atoms with Gasteiger partial charge >= 0.3 is 0 Å². The van der Waals surface area contributed by atoms with Gasteiger partial charge in [0.15, 0.2) is 6.73 Å². The van der Waals surface area contributed by atoms with E-state index in [4.69, 9.17) is 9.47 Å². The number of benzene rings is 1. The van der Waals surface area contributed by atoms with Crippen LogP contribution in [0.15, 0.2) is 24.3 Å². The summed E-state index contributed by atoms with van der Waals surface area (Å²) in [5.74, 6) is 0.964. The molecule has 0 saturated carbocycles. The minimum atomic E-state index is 0.0259. The largest absolute Gasteiger partial charge is 0.488 e. The van der Waals surface area contributed by atoms with Crippen molar-refractivity contribution in [3.63, 3.8) is 0 Å². The van der Waals surface area contributed by atoms with E-state index < -0.39 is 0 Å². The standard InChI is InChI=1S/C15H23NO2/c1-4-13-5-7-14(8-6-13)17-10-9-16-11-15(2,3)18-12-16/h5-8H,4,9-12H2,1-3H3/p+1. The molecule has 100 valence electrons. The van der Waals surface area contributed by atoms with Gasteiger partial charge in [-0.15, -0.1) is 0 Å². The zero-order valence-electron chi connectivity index (χ0n) is 11.7. The van der Waals surface area contributed by atoms with Gasteiger partial charge in [0.05, 0.1) is 0 Å². The van der Waals surface area contributed by atoms with Crippen LogP contribution in [0, 0.1) is 0 Å². The lowest BCUT2D eigenvalue weighted by atomic mass is 10.1. The van der Waals surface area contributed by atoms with Gasteiger partial charge in [-0.25, -0.2) is 0 Å². The maximum atomic E-state index is 5.76. The van der Waals surface area contributed by atoms with E-state index in [1.807, 2.05) is 0 Å². The number of hydrogen-bond acceptors (Lipinski definition) is 2. The Morgan fingerprint density at radius 1 is 1.28 bits per heavy atom. The van der Waals surface area contributed by atoms with Crippen molar-refractivity contribution in [1.29, 1.82) is 0 Å². The highest BCUT2D eigenvalue weighted by Crippen LogP contribution is 2.12. The number of rotatable bonds is 5. The molecule has 2 rings (SSSR count). The summed E-state index contributed by atoms with van der Waals surface area (Å²) in [7, 11) is 0. The van der Waals surface area contributed by atoms with E-state index in [-0.39, 0.29) is 5.60 Å². The molecule has 1 unspecified atom stereocenters. The first-order valence-corrected chi connectivity index (χ1v) is 6.78. The first-order chi connectivity index (χ1) is 8.59. The van der Waals surface area contributed by atoms with Crippen molar-refractivity contribution in [3.05, 3.63) is 29.8 Å². The fraction of sp³-hybridized carbons (Fsp3) is 0.600. The summed E-state index contributed by atoms with van der Waals surface area (Å²) >= 11 is 0. The predicted octanol–water partition coefficient (Wildman–Crippen LogP) is 1.28. The fourth-order valence-corrected chi connectivity index (χ4v) is 2.30. The lowest BCUT2D eigenvalue weighted by Gasteiger charge is -2.14. The summed E-state index contributed by atoms with van der Waals surface area (Å²) < 4.78 is 11.5. The van der Waals surface area contributed by atoms with Crippen LogP contribution in [0.5, 0.6) is 5.75 Å².